The lowest BCUT2D eigenvalue weighted by atomic mass is 9.90. The van der Waals surface area contributed by atoms with E-state index in [1.807, 2.05) is 6.92 Å². The summed E-state index contributed by atoms with van der Waals surface area (Å²) in [5.74, 6) is 0.330. The molecule has 0 N–H and O–H groups in total. The van der Waals surface area contributed by atoms with Gasteiger partial charge < -0.3 is 0 Å². The van der Waals surface area contributed by atoms with E-state index in [4.69, 9.17) is 0 Å². The molecule has 0 saturated carbocycles. The molecule has 70 valence electrons. The Hall–Kier alpha value is -0.470. The van der Waals surface area contributed by atoms with E-state index < -0.39 is 12.6 Å². The van der Waals surface area contributed by atoms with Crippen LogP contribution < -0.4 is 0 Å². The highest BCUT2D eigenvalue weighted by Gasteiger charge is 2.29. The molecule has 3 heteroatoms. The normalized spacial score (nSPS) is 25.3. The monoisotopic (exact) mass is 178 g/mol. The molecule has 0 aromatic heterocycles. The van der Waals surface area contributed by atoms with Gasteiger partial charge in [-0.1, -0.05) is 18.6 Å². The maximum atomic E-state index is 11.9. The Morgan fingerprint density at radius 2 is 2.17 bits per heavy atom. The summed E-state index contributed by atoms with van der Waals surface area (Å²) in [5, 5.41) is 0. The minimum atomic E-state index is -4.02. The Kier molecular flexibility index (Phi) is 2.80. The van der Waals surface area contributed by atoms with E-state index >= 15 is 0 Å². The molecule has 0 saturated heterocycles. The topological polar surface area (TPSA) is 0 Å². The molecule has 12 heavy (non-hydrogen) atoms. The van der Waals surface area contributed by atoms with Crippen LogP contribution >= 0.6 is 0 Å². The average Bonchev–Trinajstić information content (AvgIpc) is 1.82. The number of alkyl halides is 3. The molecule has 0 radical (unpaired) electrons. The van der Waals surface area contributed by atoms with Crippen molar-refractivity contribution in [1.82, 2.24) is 0 Å². The van der Waals surface area contributed by atoms with Crippen molar-refractivity contribution in [3.63, 3.8) is 0 Å². The van der Waals surface area contributed by atoms with Crippen molar-refractivity contribution >= 4 is 0 Å². The van der Waals surface area contributed by atoms with Crippen LogP contribution in [0.1, 0.15) is 32.6 Å². The number of allylic oxidation sites excluding steroid dienone is 2. The lowest BCUT2D eigenvalue weighted by Gasteiger charge is -2.18. The van der Waals surface area contributed by atoms with Gasteiger partial charge in [-0.2, -0.15) is 13.2 Å². The molecule has 0 bridgehead atoms. The predicted molar refractivity (Wildman–Crippen MR) is 41.8 cm³/mol. The zero-order valence-electron chi connectivity index (χ0n) is 7.12. The molecule has 1 aliphatic carbocycles. The molecule has 0 aromatic rings. The van der Waals surface area contributed by atoms with E-state index in [-0.39, 0.29) is 0 Å². The lowest BCUT2D eigenvalue weighted by Crippen LogP contribution is -2.11. The van der Waals surface area contributed by atoms with Crippen LogP contribution in [0.3, 0.4) is 0 Å². The molecule has 0 aromatic carbocycles. The molecule has 0 heterocycles. The van der Waals surface area contributed by atoms with Gasteiger partial charge in [0, 0.05) is 0 Å². The fourth-order valence-electron chi connectivity index (χ4n) is 1.62. The SMILES string of the molecule is CC1C=C(CC(F)(F)F)CCC1. The minimum Gasteiger partial charge on any atom is -0.171 e. The molecule has 0 aliphatic heterocycles. The van der Waals surface area contributed by atoms with Crippen LogP contribution in [0.5, 0.6) is 0 Å². The Labute approximate surface area is 70.5 Å². The Balaban J connectivity index is 2.52. The van der Waals surface area contributed by atoms with Gasteiger partial charge in [-0.15, -0.1) is 0 Å². The van der Waals surface area contributed by atoms with E-state index in [1.165, 1.54) is 0 Å². The molecule has 0 spiro atoms. The third-order valence-electron chi connectivity index (χ3n) is 2.11. The van der Waals surface area contributed by atoms with Crippen molar-refractivity contribution in [2.45, 2.75) is 38.8 Å². The highest BCUT2D eigenvalue weighted by Crippen LogP contribution is 2.31. The number of rotatable bonds is 1. The zero-order chi connectivity index (χ0) is 9.19. The zero-order valence-corrected chi connectivity index (χ0v) is 7.12. The van der Waals surface area contributed by atoms with Crippen molar-refractivity contribution in [3.8, 4) is 0 Å². The van der Waals surface area contributed by atoms with E-state index in [0.717, 1.165) is 12.8 Å². The van der Waals surface area contributed by atoms with Gasteiger partial charge in [-0.3, -0.25) is 0 Å². The largest absolute Gasteiger partial charge is 0.392 e. The molecule has 1 atom stereocenters. The number of halogens is 3. The highest BCUT2D eigenvalue weighted by molar-refractivity contribution is 5.08. The third kappa shape index (κ3) is 3.28. The van der Waals surface area contributed by atoms with Crippen LogP contribution in [-0.2, 0) is 0 Å². The molecular formula is C9H13F3. The Morgan fingerprint density at radius 3 is 2.67 bits per heavy atom. The van der Waals surface area contributed by atoms with Crippen molar-refractivity contribution < 1.29 is 13.2 Å². The summed E-state index contributed by atoms with van der Waals surface area (Å²) in [6.45, 7) is 1.97. The quantitative estimate of drug-likeness (QED) is 0.537. The average molecular weight is 178 g/mol. The summed E-state index contributed by atoms with van der Waals surface area (Å²) >= 11 is 0. The first-order valence-electron chi connectivity index (χ1n) is 4.24. The molecular weight excluding hydrogens is 165 g/mol. The first-order valence-corrected chi connectivity index (χ1v) is 4.24. The molecule has 0 nitrogen and oxygen atoms in total. The van der Waals surface area contributed by atoms with Gasteiger partial charge in [0.2, 0.25) is 0 Å². The number of hydrogen-bond acceptors (Lipinski definition) is 0. The van der Waals surface area contributed by atoms with Crippen LogP contribution in [0, 0.1) is 5.92 Å². The van der Waals surface area contributed by atoms with Gasteiger partial charge in [-0.05, 0) is 25.2 Å². The second-order valence-corrected chi connectivity index (χ2v) is 3.49. The van der Waals surface area contributed by atoms with Gasteiger partial charge in [0.1, 0.15) is 0 Å². The Morgan fingerprint density at radius 1 is 1.50 bits per heavy atom. The van der Waals surface area contributed by atoms with Gasteiger partial charge in [0.05, 0.1) is 6.42 Å². The van der Waals surface area contributed by atoms with Crippen LogP contribution in [0.4, 0.5) is 13.2 Å². The fourth-order valence-corrected chi connectivity index (χ4v) is 1.62. The van der Waals surface area contributed by atoms with E-state index in [9.17, 15) is 13.2 Å². The van der Waals surface area contributed by atoms with Crippen LogP contribution in [0.15, 0.2) is 11.6 Å². The van der Waals surface area contributed by atoms with Crippen molar-refractivity contribution in [2.75, 3.05) is 0 Å². The van der Waals surface area contributed by atoms with Crippen LogP contribution in [0.25, 0.3) is 0 Å². The molecule has 1 unspecified atom stereocenters. The standard InChI is InChI=1S/C9H13F3/c1-7-3-2-4-8(5-7)6-9(10,11)12/h5,7H,2-4,6H2,1H3. The number of hydrogen-bond donors (Lipinski definition) is 0. The Bertz CT molecular complexity index is 179. The second-order valence-electron chi connectivity index (χ2n) is 3.49. The van der Waals surface area contributed by atoms with Gasteiger partial charge >= 0.3 is 6.18 Å². The summed E-state index contributed by atoms with van der Waals surface area (Å²) in [6.07, 6.45) is -0.397. The first-order chi connectivity index (χ1) is 5.47. The predicted octanol–water partition coefficient (Wildman–Crippen LogP) is 3.69. The van der Waals surface area contributed by atoms with Crippen LogP contribution in [-0.4, -0.2) is 6.18 Å². The molecule has 1 aliphatic rings. The van der Waals surface area contributed by atoms with Crippen molar-refractivity contribution in [3.05, 3.63) is 11.6 Å². The van der Waals surface area contributed by atoms with Crippen molar-refractivity contribution in [2.24, 2.45) is 5.92 Å². The summed E-state index contributed by atoms with van der Waals surface area (Å²) in [7, 11) is 0. The summed E-state index contributed by atoms with van der Waals surface area (Å²) < 4.78 is 35.8. The summed E-state index contributed by atoms with van der Waals surface area (Å²) in [6, 6.07) is 0. The second kappa shape index (κ2) is 3.50. The van der Waals surface area contributed by atoms with E-state index in [2.05, 4.69) is 0 Å². The third-order valence-corrected chi connectivity index (χ3v) is 2.11. The minimum absolute atomic E-state index is 0.330. The lowest BCUT2D eigenvalue weighted by molar-refractivity contribution is -0.127. The van der Waals surface area contributed by atoms with Crippen molar-refractivity contribution in [1.29, 1.82) is 0 Å². The van der Waals surface area contributed by atoms with Gasteiger partial charge in [-0.25, -0.2) is 0 Å². The van der Waals surface area contributed by atoms with E-state index in [0.29, 0.717) is 17.9 Å². The summed E-state index contributed by atoms with van der Waals surface area (Å²) in [5.41, 5.74) is 0.571. The maximum Gasteiger partial charge on any atom is 0.392 e. The molecule has 0 fully saturated rings. The van der Waals surface area contributed by atoms with Gasteiger partial charge in [0.15, 0.2) is 0 Å². The first kappa shape index (κ1) is 9.62. The van der Waals surface area contributed by atoms with Gasteiger partial charge in [0.25, 0.3) is 0 Å². The fraction of sp³-hybridized carbons (Fsp3) is 0.778. The molecule has 0 amide bonds. The smallest absolute Gasteiger partial charge is 0.171 e. The summed E-state index contributed by atoms with van der Waals surface area (Å²) in [4.78, 5) is 0. The maximum absolute atomic E-state index is 11.9. The van der Waals surface area contributed by atoms with Crippen LogP contribution in [0.2, 0.25) is 0 Å². The molecule has 1 rings (SSSR count). The highest BCUT2D eigenvalue weighted by atomic mass is 19.4. The van der Waals surface area contributed by atoms with E-state index in [1.54, 1.807) is 6.08 Å².